The fourth-order valence-corrected chi connectivity index (χ4v) is 1.11. The zero-order chi connectivity index (χ0) is 5.98. The Morgan fingerprint density at radius 1 is 1.88 bits per heavy atom. The molecule has 1 aliphatic carbocycles. The van der Waals surface area contributed by atoms with Crippen molar-refractivity contribution in [2.75, 3.05) is 0 Å². The molecule has 0 aromatic rings. The number of rotatable bonds is 1. The molecule has 0 radical (unpaired) electrons. The van der Waals surface area contributed by atoms with Gasteiger partial charge in [-0.15, -0.1) is 6.58 Å². The standard InChI is InChI=1S/C8H12/c1-3-8-5-4-7(2)6-8/h3,6,8H,1,4-5H2,2H3. The van der Waals surface area contributed by atoms with Crippen LogP contribution < -0.4 is 0 Å². The van der Waals surface area contributed by atoms with E-state index >= 15 is 0 Å². The molecule has 0 aliphatic heterocycles. The summed E-state index contributed by atoms with van der Waals surface area (Å²) in [7, 11) is 0. The lowest BCUT2D eigenvalue weighted by atomic mass is 10.1. The molecule has 0 amide bonds. The minimum Gasteiger partial charge on any atom is -0.102 e. The van der Waals surface area contributed by atoms with Crippen LogP contribution in [0.5, 0.6) is 0 Å². The van der Waals surface area contributed by atoms with Gasteiger partial charge in [0.1, 0.15) is 0 Å². The molecular weight excluding hydrogens is 96.1 g/mol. The Morgan fingerprint density at radius 3 is 2.88 bits per heavy atom. The molecule has 0 nitrogen and oxygen atoms in total. The summed E-state index contributed by atoms with van der Waals surface area (Å²) < 4.78 is 0. The second-order valence-electron chi connectivity index (χ2n) is 2.45. The van der Waals surface area contributed by atoms with Crippen LogP contribution in [0.15, 0.2) is 24.3 Å². The van der Waals surface area contributed by atoms with Crippen LogP contribution in [0.4, 0.5) is 0 Å². The number of hydrogen-bond donors (Lipinski definition) is 0. The van der Waals surface area contributed by atoms with Crippen LogP contribution >= 0.6 is 0 Å². The Morgan fingerprint density at radius 2 is 2.62 bits per heavy atom. The van der Waals surface area contributed by atoms with Gasteiger partial charge in [-0.2, -0.15) is 0 Å². The molecule has 0 aromatic carbocycles. The van der Waals surface area contributed by atoms with Gasteiger partial charge in [0.15, 0.2) is 0 Å². The predicted octanol–water partition coefficient (Wildman–Crippen LogP) is 2.53. The molecule has 1 aliphatic rings. The van der Waals surface area contributed by atoms with Crippen molar-refractivity contribution in [2.24, 2.45) is 5.92 Å². The van der Waals surface area contributed by atoms with Gasteiger partial charge in [0, 0.05) is 0 Å². The van der Waals surface area contributed by atoms with Crippen molar-refractivity contribution < 1.29 is 0 Å². The highest BCUT2D eigenvalue weighted by atomic mass is 14.1. The van der Waals surface area contributed by atoms with Gasteiger partial charge in [0.2, 0.25) is 0 Å². The third kappa shape index (κ3) is 1.00. The van der Waals surface area contributed by atoms with Crippen LogP contribution in [-0.4, -0.2) is 0 Å². The molecular formula is C8H12. The van der Waals surface area contributed by atoms with E-state index in [2.05, 4.69) is 19.6 Å². The van der Waals surface area contributed by atoms with Gasteiger partial charge in [-0.3, -0.25) is 0 Å². The second kappa shape index (κ2) is 2.17. The monoisotopic (exact) mass is 108 g/mol. The lowest BCUT2D eigenvalue weighted by molar-refractivity contribution is 0.767. The fraction of sp³-hybridized carbons (Fsp3) is 0.500. The molecule has 0 N–H and O–H groups in total. The van der Waals surface area contributed by atoms with E-state index in [0.29, 0.717) is 5.92 Å². The SMILES string of the molecule is C=CC1C=C(C)CC1. The molecule has 0 heterocycles. The lowest BCUT2D eigenvalue weighted by Crippen LogP contribution is -1.80. The molecule has 1 atom stereocenters. The van der Waals surface area contributed by atoms with E-state index in [1.807, 2.05) is 6.08 Å². The highest BCUT2D eigenvalue weighted by Gasteiger charge is 2.07. The van der Waals surface area contributed by atoms with E-state index in [4.69, 9.17) is 0 Å². The van der Waals surface area contributed by atoms with E-state index in [1.54, 1.807) is 0 Å². The smallest absolute Gasteiger partial charge is 0.00506 e. The van der Waals surface area contributed by atoms with Gasteiger partial charge in [0.05, 0.1) is 0 Å². The predicted molar refractivity (Wildman–Crippen MR) is 36.7 cm³/mol. The highest BCUT2D eigenvalue weighted by Crippen LogP contribution is 2.23. The van der Waals surface area contributed by atoms with Gasteiger partial charge in [0.25, 0.3) is 0 Å². The Kier molecular flexibility index (Phi) is 1.52. The van der Waals surface area contributed by atoms with E-state index in [-0.39, 0.29) is 0 Å². The maximum Gasteiger partial charge on any atom is -0.00506 e. The quantitative estimate of drug-likeness (QED) is 0.453. The van der Waals surface area contributed by atoms with Crippen LogP contribution in [0.2, 0.25) is 0 Å². The van der Waals surface area contributed by atoms with Crippen molar-refractivity contribution in [1.82, 2.24) is 0 Å². The van der Waals surface area contributed by atoms with Gasteiger partial charge in [-0.05, 0) is 25.7 Å². The average molecular weight is 108 g/mol. The third-order valence-electron chi connectivity index (χ3n) is 1.67. The third-order valence-corrected chi connectivity index (χ3v) is 1.67. The maximum absolute atomic E-state index is 3.73. The van der Waals surface area contributed by atoms with Crippen LogP contribution in [0, 0.1) is 5.92 Å². The van der Waals surface area contributed by atoms with E-state index in [1.165, 1.54) is 18.4 Å². The number of allylic oxidation sites excluding steroid dienone is 3. The van der Waals surface area contributed by atoms with E-state index in [9.17, 15) is 0 Å². The van der Waals surface area contributed by atoms with Crippen molar-refractivity contribution in [3.05, 3.63) is 24.3 Å². The van der Waals surface area contributed by atoms with Crippen LogP contribution in [0.3, 0.4) is 0 Å². The van der Waals surface area contributed by atoms with Crippen molar-refractivity contribution >= 4 is 0 Å². The summed E-state index contributed by atoms with van der Waals surface area (Å²) in [4.78, 5) is 0. The van der Waals surface area contributed by atoms with E-state index < -0.39 is 0 Å². The molecule has 0 saturated carbocycles. The van der Waals surface area contributed by atoms with Gasteiger partial charge in [-0.25, -0.2) is 0 Å². The summed E-state index contributed by atoms with van der Waals surface area (Å²) in [5.41, 5.74) is 1.52. The maximum atomic E-state index is 3.73. The fourth-order valence-electron chi connectivity index (χ4n) is 1.11. The lowest BCUT2D eigenvalue weighted by Gasteiger charge is -1.92. The summed E-state index contributed by atoms with van der Waals surface area (Å²) in [5, 5.41) is 0. The molecule has 0 saturated heterocycles. The summed E-state index contributed by atoms with van der Waals surface area (Å²) in [6.45, 7) is 5.92. The van der Waals surface area contributed by atoms with Gasteiger partial charge >= 0.3 is 0 Å². The van der Waals surface area contributed by atoms with Crippen molar-refractivity contribution in [1.29, 1.82) is 0 Å². The van der Waals surface area contributed by atoms with Crippen LogP contribution in [-0.2, 0) is 0 Å². The van der Waals surface area contributed by atoms with Crippen molar-refractivity contribution in [3.63, 3.8) is 0 Å². The van der Waals surface area contributed by atoms with Crippen LogP contribution in [0.25, 0.3) is 0 Å². The molecule has 44 valence electrons. The molecule has 0 spiro atoms. The molecule has 0 aromatic heterocycles. The normalized spacial score (nSPS) is 27.6. The Hall–Kier alpha value is -0.520. The minimum absolute atomic E-state index is 0.676. The number of hydrogen-bond acceptors (Lipinski definition) is 0. The first-order valence-electron chi connectivity index (χ1n) is 3.13. The summed E-state index contributed by atoms with van der Waals surface area (Å²) >= 11 is 0. The van der Waals surface area contributed by atoms with Crippen LogP contribution in [0.1, 0.15) is 19.8 Å². The summed E-state index contributed by atoms with van der Waals surface area (Å²) in [5.74, 6) is 0.676. The molecule has 0 fully saturated rings. The molecule has 1 unspecified atom stereocenters. The zero-order valence-electron chi connectivity index (χ0n) is 5.35. The summed E-state index contributed by atoms with van der Waals surface area (Å²) in [6, 6.07) is 0. The molecule has 0 bridgehead atoms. The molecule has 1 rings (SSSR count). The average Bonchev–Trinajstić information content (AvgIpc) is 2.14. The summed E-state index contributed by atoms with van der Waals surface area (Å²) in [6.07, 6.45) is 6.88. The first-order valence-corrected chi connectivity index (χ1v) is 3.13. The Bertz CT molecular complexity index is 120. The topological polar surface area (TPSA) is 0 Å². The highest BCUT2D eigenvalue weighted by molar-refractivity contribution is 5.12. The van der Waals surface area contributed by atoms with Crippen molar-refractivity contribution in [3.8, 4) is 0 Å². The Labute approximate surface area is 50.9 Å². The molecule has 8 heavy (non-hydrogen) atoms. The van der Waals surface area contributed by atoms with Gasteiger partial charge < -0.3 is 0 Å². The zero-order valence-corrected chi connectivity index (χ0v) is 5.35. The van der Waals surface area contributed by atoms with E-state index in [0.717, 1.165) is 0 Å². The first kappa shape index (κ1) is 5.61. The van der Waals surface area contributed by atoms with Gasteiger partial charge in [-0.1, -0.05) is 17.7 Å². The molecule has 0 heteroatoms. The Balaban J connectivity index is 2.53. The minimum atomic E-state index is 0.676. The first-order chi connectivity index (χ1) is 3.83. The largest absolute Gasteiger partial charge is 0.102 e. The van der Waals surface area contributed by atoms with Crippen molar-refractivity contribution in [2.45, 2.75) is 19.8 Å². The second-order valence-corrected chi connectivity index (χ2v) is 2.45.